The second kappa shape index (κ2) is 9.06. The van der Waals surface area contributed by atoms with Crippen LogP contribution in [0.15, 0.2) is 24.5 Å². The summed E-state index contributed by atoms with van der Waals surface area (Å²) in [4.78, 5) is 6.51. The average molecular weight is 249 g/mol. The van der Waals surface area contributed by atoms with E-state index in [9.17, 15) is 0 Å². The molecule has 0 radical (unpaired) electrons. The highest BCUT2D eigenvalue weighted by molar-refractivity contribution is 5.07. The van der Waals surface area contributed by atoms with Gasteiger partial charge in [-0.25, -0.2) is 0 Å². The molecule has 1 aromatic rings. The van der Waals surface area contributed by atoms with Crippen LogP contribution >= 0.6 is 0 Å². The van der Waals surface area contributed by atoms with Crippen LogP contribution in [0, 0.1) is 0 Å². The lowest BCUT2D eigenvalue weighted by Gasteiger charge is -2.17. The van der Waals surface area contributed by atoms with Gasteiger partial charge in [-0.15, -0.1) is 0 Å². The summed E-state index contributed by atoms with van der Waals surface area (Å²) in [5.74, 6) is 0. The van der Waals surface area contributed by atoms with Crippen molar-refractivity contribution in [1.29, 1.82) is 0 Å². The number of nitrogens with one attached hydrogen (secondary N) is 1. The molecule has 1 heterocycles. The van der Waals surface area contributed by atoms with E-state index in [2.05, 4.69) is 42.2 Å². The lowest BCUT2D eigenvalue weighted by Crippen LogP contribution is -2.26. The molecule has 1 unspecified atom stereocenters. The van der Waals surface area contributed by atoms with E-state index in [0.29, 0.717) is 6.04 Å². The summed E-state index contributed by atoms with van der Waals surface area (Å²) in [5.41, 5.74) is 1.29. The molecule has 0 fully saturated rings. The Morgan fingerprint density at radius 2 is 2.22 bits per heavy atom. The van der Waals surface area contributed by atoms with E-state index < -0.39 is 0 Å². The van der Waals surface area contributed by atoms with E-state index in [0.717, 1.165) is 19.6 Å². The molecule has 0 aliphatic carbocycles. The normalized spacial score (nSPS) is 12.9. The van der Waals surface area contributed by atoms with Gasteiger partial charge in [0.05, 0.1) is 0 Å². The Morgan fingerprint density at radius 1 is 1.39 bits per heavy atom. The molecule has 1 N–H and O–H groups in total. The van der Waals surface area contributed by atoms with E-state index in [4.69, 9.17) is 0 Å². The van der Waals surface area contributed by atoms with Gasteiger partial charge in [0.15, 0.2) is 0 Å². The first-order valence-corrected chi connectivity index (χ1v) is 7.03. The Kier molecular flexibility index (Phi) is 7.62. The van der Waals surface area contributed by atoms with Gasteiger partial charge < -0.3 is 10.2 Å². The Hall–Kier alpha value is -0.930. The zero-order valence-corrected chi connectivity index (χ0v) is 12.0. The van der Waals surface area contributed by atoms with Crippen LogP contribution in [0.4, 0.5) is 0 Å². The molecule has 0 aliphatic rings. The molecule has 3 nitrogen and oxygen atoms in total. The first-order valence-electron chi connectivity index (χ1n) is 7.03. The first kappa shape index (κ1) is 15.1. The SMILES string of the molecule is CCNC(C)CCCCN(C)Cc1cccnc1. The second-order valence-corrected chi connectivity index (χ2v) is 5.05. The van der Waals surface area contributed by atoms with Crippen LogP contribution in [-0.4, -0.2) is 36.1 Å². The topological polar surface area (TPSA) is 28.2 Å². The van der Waals surface area contributed by atoms with Crippen molar-refractivity contribution in [2.24, 2.45) is 0 Å². The lowest BCUT2D eigenvalue weighted by molar-refractivity contribution is 0.313. The van der Waals surface area contributed by atoms with Crippen LogP contribution < -0.4 is 5.32 Å². The summed E-state index contributed by atoms with van der Waals surface area (Å²) < 4.78 is 0. The summed E-state index contributed by atoms with van der Waals surface area (Å²) in [5, 5.41) is 3.45. The van der Waals surface area contributed by atoms with Gasteiger partial charge in [-0.1, -0.05) is 19.4 Å². The third-order valence-corrected chi connectivity index (χ3v) is 3.15. The van der Waals surface area contributed by atoms with Crippen LogP contribution in [-0.2, 0) is 6.54 Å². The molecule has 3 heteroatoms. The number of hydrogen-bond donors (Lipinski definition) is 1. The predicted molar refractivity (Wildman–Crippen MR) is 77.6 cm³/mol. The summed E-state index contributed by atoms with van der Waals surface area (Å²) in [6.07, 6.45) is 7.61. The van der Waals surface area contributed by atoms with Gasteiger partial charge in [-0.3, -0.25) is 4.98 Å². The first-order chi connectivity index (χ1) is 8.72. The molecule has 1 aromatic heterocycles. The van der Waals surface area contributed by atoms with Crippen molar-refractivity contribution in [3.8, 4) is 0 Å². The number of aromatic nitrogens is 1. The molecule has 0 spiro atoms. The lowest BCUT2D eigenvalue weighted by atomic mass is 10.1. The Morgan fingerprint density at radius 3 is 2.89 bits per heavy atom. The summed E-state index contributed by atoms with van der Waals surface area (Å²) in [7, 11) is 2.18. The van der Waals surface area contributed by atoms with Crippen molar-refractivity contribution in [2.45, 2.75) is 45.7 Å². The monoisotopic (exact) mass is 249 g/mol. The molecule has 0 aliphatic heterocycles. The average Bonchev–Trinajstić information content (AvgIpc) is 2.36. The van der Waals surface area contributed by atoms with Crippen molar-refractivity contribution < 1.29 is 0 Å². The van der Waals surface area contributed by atoms with Crippen molar-refractivity contribution >= 4 is 0 Å². The number of unbranched alkanes of at least 4 members (excludes halogenated alkanes) is 1. The maximum Gasteiger partial charge on any atom is 0.0312 e. The molecular formula is C15H27N3. The molecule has 0 bridgehead atoms. The Balaban J connectivity index is 2.09. The minimum Gasteiger partial charge on any atom is -0.315 e. The molecule has 0 amide bonds. The fourth-order valence-electron chi connectivity index (χ4n) is 2.17. The van der Waals surface area contributed by atoms with Gasteiger partial charge in [-0.2, -0.15) is 0 Å². The number of nitrogens with zero attached hydrogens (tertiary/aromatic N) is 2. The van der Waals surface area contributed by atoms with Gasteiger partial charge in [0, 0.05) is 25.0 Å². The van der Waals surface area contributed by atoms with Gasteiger partial charge >= 0.3 is 0 Å². The van der Waals surface area contributed by atoms with Crippen LogP contribution in [0.1, 0.15) is 38.7 Å². The molecule has 0 saturated carbocycles. The molecule has 0 aromatic carbocycles. The van der Waals surface area contributed by atoms with Crippen LogP contribution in [0.3, 0.4) is 0 Å². The summed E-state index contributed by atoms with van der Waals surface area (Å²) in [6, 6.07) is 4.79. The standard InChI is InChI=1S/C15H27N3/c1-4-17-14(2)8-5-6-11-18(3)13-15-9-7-10-16-12-15/h7,9-10,12,14,17H,4-6,8,11,13H2,1-3H3. The number of hydrogen-bond acceptors (Lipinski definition) is 3. The van der Waals surface area contributed by atoms with E-state index >= 15 is 0 Å². The highest BCUT2D eigenvalue weighted by Gasteiger charge is 2.02. The zero-order valence-electron chi connectivity index (χ0n) is 12.0. The van der Waals surface area contributed by atoms with Crippen LogP contribution in [0.5, 0.6) is 0 Å². The van der Waals surface area contributed by atoms with Gasteiger partial charge in [0.1, 0.15) is 0 Å². The molecule has 18 heavy (non-hydrogen) atoms. The van der Waals surface area contributed by atoms with E-state index in [1.807, 2.05) is 18.5 Å². The quantitative estimate of drug-likeness (QED) is 0.682. The molecule has 102 valence electrons. The highest BCUT2D eigenvalue weighted by atomic mass is 15.1. The fraction of sp³-hybridized carbons (Fsp3) is 0.667. The van der Waals surface area contributed by atoms with Crippen molar-refractivity contribution in [3.05, 3.63) is 30.1 Å². The maximum atomic E-state index is 4.14. The number of pyridine rings is 1. The molecule has 1 atom stereocenters. The Bertz CT molecular complexity index is 300. The minimum absolute atomic E-state index is 0.652. The Labute approximate surface area is 112 Å². The maximum absolute atomic E-state index is 4.14. The van der Waals surface area contributed by atoms with Gasteiger partial charge in [0.2, 0.25) is 0 Å². The van der Waals surface area contributed by atoms with E-state index in [1.54, 1.807) is 0 Å². The fourth-order valence-corrected chi connectivity index (χ4v) is 2.17. The van der Waals surface area contributed by atoms with Crippen LogP contribution in [0.25, 0.3) is 0 Å². The minimum atomic E-state index is 0.652. The summed E-state index contributed by atoms with van der Waals surface area (Å²) >= 11 is 0. The van der Waals surface area contributed by atoms with Gasteiger partial charge in [-0.05, 0) is 51.5 Å². The third-order valence-electron chi connectivity index (χ3n) is 3.15. The van der Waals surface area contributed by atoms with Crippen molar-refractivity contribution in [1.82, 2.24) is 15.2 Å². The van der Waals surface area contributed by atoms with Crippen molar-refractivity contribution in [3.63, 3.8) is 0 Å². The van der Waals surface area contributed by atoms with E-state index in [1.165, 1.54) is 24.8 Å². The molecule has 1 rings (SSSR count). The largest absolute Gasteiger partial charge is 0.315 e. The van der Waals surface area contributed by atoms with E-state index in [-0.39, 0.29) is 0 Å². The van der Waals surface area contributed by atoms with Gasteiger partial charge in [0.25, 0.3) is 0 Å². The van der Waals surface area contributed by atoms with Crippen LogP contribution in [0.2, 0.25) is 0 Å². The van der Waals surface area contributed by atoms with Crippen molar-refractivity contribution in [2.75, 3.05) is 20.1 Å². The smallest absolute Gasteiger partial charge is 0.0312 e. The molecule has 0 saturated heterocycles. The third kappa shape index (κ3) is 6.72. The highest BCUT2D eigenvalue weighted by Crippen LogP contribution is 2.05. The summed E-state index contributed by atoms with van der Waals surface area (Å²) in [6.45, 7) is 7.66. The molecular weight excluding hydrogens is 222 g/mol. The second-order valence-electron chi connectivity index (χ2n) is 5.05. The zero-order chi connectivity index (χ0) is 13.2. The predicted octanol–water partition coefficient (Wildman–Crippen LogP) is 2.68. The number of rotatable bonds is 9.